The molecular formula is C15H26O2. The molecular weight excluding hydrogens is 212 g/mol. The van der Waals surface area contributed by atoms with E-state index in [1.54, 1.807) is 0 Å². The molecule has 0 aromatic heterocycles. The lowest BCUT2D eigenvalue weighted by Gasteiger charge is -2.40. The Morgan fingerprint density at radius 2 is 2.12 bits per heavy atom. The number of rotatable bonds is 4. The summed E-state index contributed by atoms with van der Waals surface area (Å²) in [7, 11) is 0. The van der Waals surface area contributed by atoms with Gasteiger partial charge in [-0.05, 0) is 40.5 Å². The van der Waals surface area contributed by atoms with Crippen molar-refractivity contribution in [3.63, 3.8) is 0 Å². The van der Waals surface area contributed by atoms with Crippen LogP contribution in [0.5, 0.6) is 0 Å². The topological polar surface area (TPSA) is 21.8 Å². The second-order valence-electron chi connectivity index (χ2n) is 6.35. The molecule has 2 heteroatoms. The van der Waals surface area contributed by atoms with Gasteiger partial charge in [0.15, 0.2) is 0 Å². The molecule has 0 radical (unpaired) electrons. The molecule has 0 aromatic rings. The molecule has 2 aliphatic rings. The van der Waals surface area contributed by atoms with Crippen molar-refractivity contribution >= 4 is 0 Å². The van der Waals surface area contributed by atoms with Crippen molar-refractivity contribution in [1.82, 2.24) is 0 Å². The highest BCUT2D eigenvalue weighted by Crippen LogP contribution is 2.51. The summed E-state index contributed by atoms with van der Waals surface area (Å²) in [6.07, 6.45) is 7.28. The van der Waals surface area contributed by atoms with E-state index >= 15 is 0 Å². The Hall–Kier alpha value is -0.340. The second kappa shape index (κ2) is 4.74. The van der Waals surface area contributed by atoms with E-state index in [1.165, 1.54) is 31.3 Å². The third-order valence-corrected chi connectivity index (χ3v) is 4.28. The molecule has 2 atom stereocenters. The fourth-order valence-electron chi connectivity index (χ4n) is 3.15. The van der Waals surface area contributed by atoms with Crippen molar-refractivity contribution in [2.24, 2.45) is 5.92 Å². The quantitative estimate of drug-likeness (QED) is 0.550. The average molecular weight is 238 g/mol. The van der Waals surface area contributed by atoms with Gasteiger partial charge in [-0.15, -0.1) is 0 Å². The first-order valence-electron chi connectivity index (χ1n) is 6.88. The Kier molecular flexibility index (Phi) is 3.65. The van der Waals surface area contributed by atoms with Crippen LogP contribution >= 0.6 is 0 Å². The Labute approximate surface area is 105 Å². The zero-order valence-electron chi connectivity index (χ0n) is 11.7. The van der Waals surface area contributed by atoms with Gasteiger partial charge < -0.3 is 9.47 Å². The summed E-state index contributed by atoms with van der Waals surface area (Å²) in [5, 5.41) is 0. The molecule has 0 N–H and O–H groups in total. The van der Waals surface area contributed by atoms with Crippen LogP contribution in [0.15, 0.2) is 11.6 Å². The minimum absolute atomic E-state index is 0.0666. The lowest BCUT2D eigenvalue weighted by Crippen LogP contribution is -2.45. The monoisotopic (exact) mass is 238 g/mol. The Morgan fingerprint density at radius 1 is 1.41 bits per heavy atom. The highest BCUT2D eigenvalue weighted by molar-refractivity contribution is 5.06. The molecule has 2 nitrogen and oxygen atoms in total. The second-order valence-corrected chi connectivity index (χ2v) is 6.35. The van der Waals surface area contributed by atoms with Crippen LogP contribution in [0.1, 0.15) is 53.4 Å². The molecule has 17 heavy (non-hydrogen) atoms. The van der Waals surface area contributed by atoms with Crippen molar-refractivity contribution < 1.29 is 9.47 Å². The lowest BCUT2D eigenvalue weighted by molar-refractivity contribution is -0.0842. The van der Waals surface area contributed by atoms with E-state index < -0.39 is 0 Å². The zero-order chi connectivity index (χ0) is 12.5. The zero-order valence-corrected chi connectivity index (χ0v) is 11.7. The van der Waals surface area contributed by atoms with Crippen LogP contribution in [-0.2, 0) is 9.47 Å². The van der Waals surface area contributed by atoms with Gasteiger partial charge in [-0.3, -0.25) is 0 Å². The van der Waals surface area contributed by atoms with Gasteiger partial charge in [0, 0.05) is 5.92 Å². The average Bonchev–Trinajstić information content (AvgIpc) is 2.97. The van der Waals surface area contributed by atoms with E-state index in [-0.39, 0.29) is 11.2 Å². The fraction of sp³-hybridized carbons (Fsp3) is 0.867. The predicted molar refractivity (Wildman–Crippen MR) is 70.1 cm³/mol. The SMILES string of the molecule is CC(C)=CCOC(C)(C)C1CCCCC12CO2. The molecule has 1 heterocycles. The van der Waals surface area contributed by atoms with Crippen LogP contribution in [0.4, 0.5) is 0 Å². The standard InChI is InChI=1S/C15H26O2/c1-12(2)8-10-16-14(3,4)13-7-5-6-9-15(13)11-17-15/h8,13H,5-7,9-11H2,1-4H3. The Morgan fingerprint density at radius 3 is 2.71 bits per heavy atom. The van der Waals surface area contributed by atoms with E-state index in [1.807, 2.05) is 0 Å². The van der Waals surface area contributed by atoms with Crippen LogP contribution in [0.3, 0.4) is 0 Å². The van der Waals surface area contributed by atoms with Crippen molar-refractivity contribution in [3.8, 4) is 0 Å². The van der Waals surface area contributed by atoms with Gasteiger partial charge in [0.1, 0.15) is 0 Å². The van der Waals surface area contributed by atoms with Crippen LogP contribution < -0.4 is 0 Å². The first-order valence-corrected chi connectivity index (χ1v) is 6.88. The summed E-state index contributed by atoms with van der Waals surface area (Å²) in [4.78, 5) is 0. The Balaban J connectivity index is 1.96. The van der Waals surface area contributed by atoms with Crippen molar-refractivity contribution in [1.29, 1.82) is 0 Å². The van der Waals surface area contributed by atoms with Gasteiger partial charge in [-0.25, -0.2) is 0 Å². The van der Waals surface area contributed by atoms with Crippen LogP contribution in [0.25, 0.3) is 0 Å². The van der Waals surface area contributed by atoms with Gasteiger partial charge in [-0.2, -0.15) is 0 Å². The molecule has 1 aliphatic heterocycles. The predicted octanol–water partition coefficient (Wildman–Crippen LogP) is 3.71. The van der Waals surface area contributed by atoms with Crippen LogP contribution in [-0.4, -0.2) is 24.4 Å². The molecule has 2 unspecified atom stereocenters. The highest BCUT2D eigenvalue weighted by atomic mass is 16.6. The number of ether oxygens (including phenoxy) is 2. The first-order chi connectivity index (χ1) is 7.96. The maximum absolute atomic E-state index is 6.10. The summed E-state index contributed by atoms with van der Waals surface area (Å²) in [6.45, 7) is 10.4. The summed E-state index contributed by atoms with van der Waals surface area (Å²) < 4.78 is 11.9. The van der Waals surface area contributed by atoms with Gasteiger partial charge >= 0.3 is 0 Å². The molecule has 1 aliphatic carbocycles. The smallest absolute Gasteiger partial charge is 0.0971 e. The molecule has 98 valence electrons. The van der Waals surface area contributed by atoms with Crippen molar-refractivity contribution in [2.75, 3.05) is 13.2 Å². The van der Waals surface area contributed by atoms with Gasteiger partial charge in [0.2, 0.25) is 0 Å². The highest BCUT2D eigenvalue weighted by Gasteiger charge is 2.57. The number of hydrogen-bond acceptors (Lipinski definition) is 2. The van der Waals surface area contributed by atoms with E-state index in [4.69, 9.17) is 9.47 Å². The third-order valence-electron chi connectivity index (χ3n) is 4.28. The first kappa shape index (κ1) is 13.1. The number of allylic oxidation sites excluding steroid dienone is 1. The largest absolute Gasteiger partial charge is 0.371 e. The Bertz CT molecular complexity index is 296. The minimum atomic E-state index is -0.0666. The normalized spacial score (nSPS) is 32.6. The number of hydrogen-bond donors (Lipinski definition) is 0. The summed E-state index contributed by atoms with van der Waals surface area (Å²) in [6, 6.07) is 0. The van der Waals surface area contributed by atoms with Crippen molar-refractivity contribution in [2.45, 2.75) is 64.6 Å². The fourth-order valence-corrected chi connectivity index (χ4v) is 3.15. The molecule has 1 saturated heterocycles. The third kappa shape index (κ3) is 2.92. The van der Waals surface area contributed by atoms with Crippen LogP contribution in [0.2, 0.25) is 0 Å². The van der Waals surface area contributed by atoms with Crippen molar-refractivity contribution in [3.05, 3.63) is 11.6 Å². The van der Waals surface area contributed by atoms with Crippen LogP contribution in [0, 0.1) is 5.92 Å². The molecule has 2 fully saturated rings. The van der Waals surface area contributed by atoms with Gasteiger partial charge in [0.05, 0.1) is 24.4 Å². The maximum atomic E-state index is 6.10. The summed E-state index contributed by atoms with van der Waals surface area (Å²) in [5.74, 6) is 0.564. The molecule has 0 amide bonds. The van der Waals surface area contributed by atoms with E-state index in [0.717, 1.165) is 13.2 Å². The molecule has 1 saturated carbocycles. The lowest BCUT2D eigenvalue weighted by atomic mass is 9.71. The minimum Gasteiger partial charge on any atom is -0.371 e. The molecule has 1 spiro atoms. The summed E-state index contributed by atoms with van der Waals surface area (Å²) in [5.41, 5.74) is 1.43. The maximum Gasteiger partial charge on any atom is 0.0971 e. The van der Waals surface area contributed by atoms with Gasteiger partial charge in [0.25, 0.3) is 0 Å². The molecule has 0 aromatic carbocycles. The molecule has 2 rings (SSSR count). The van der Waals surface area contributed by atoms with E-state index in [9.17, 15) is 0 Å². The van der Waals surface area contributed by atoms with Gasteiger partial charge in [-0.1, -0.05) is 24.5 Å². The van der Waals surface area contributed by atoms with E-state index in [0.29, 0.717) is 5.92 Å². The number of epoxide rings is 1. The molecule has 0 bridgehead atoms. The summed E-state index contributed by atoms with van der Waals surface area (Å²) >= 11 is 0. The van der Waals surface area contributed by atoms with E-state index in [2.05, 4.69) is 33.8 Å².